The maximum absolute atomic E-state index is 11.0. The molecule has 0 aliphatic carbocycles. The summed E-state index contributed by atoms with van der Waals surface area (Å²) >= 11 is 0. The Bertz CT molecular complexity index is 449. The predicted octanol–water partition coefficient (Wildman–Crippen LogP) is 2.34. The van der Waals surface area contributed by atoms with Crippen LogP contribution < -0.4 is 0 Å². The Morgan fingerprint density at radius 1 is 1.27 bits per heavy atom. The van der Waals surface area contributed by atoms with Crippen molar-refractivity contribution < 1.29 is 12.6 Å². The molecule has 0 fully saturated rings. The molecular weight excluding hydrogens is 212 g/mol. The fraction of sp³-hybridized carbons (Fsp3) is 0.455. The van der Waals surface area contributed by atoms with Crippen molar-refractivity contribution in [3.63, 3.8) is 0 Å². The summed E-state index contributed by atoms with van der Waals surface area (Å²) in [5.74, 6) is 0. The van der Waals surface area contributed by atoms with Crippen LogP contribution in [0.25, 0.3) is 0 Å². The molecular formula is C11H16O3S. The first-order valence-corrected chi connectivity index (χ1v) is 6.56. The third-order valence-corrected chi connectivity index (χ3v) is 2.83. The summed E-state index contributed by atoms with van der Waals surface area (Å²) in [6.45, 7) is 5.65. The highest BCUT2D eigenvalue weighted by molar-refractivity contribution is 7.86. The molecule has 0 radical (unpaired) electrons. The quantitative estimate of drug-likeness (QED) is 0.746. The first-order chi connectivity index (χ1) is 6.79. The van der Waals surface area contributed by atoms with Crippen molar-refractivity contribution in [2.45, 2.75) is 26.9 Å². The molecule has 1 unspecified atom stereocenters. The van der Waals surface area contributed by atoms with Crippen LogP contribution in [0.1, 0.15) is 29.7 Å². The topological polar surface area (TPSA) is 43.4 Å². The Morgan fingerprint density at radius 2 is 1.87 bits per heavy atom. The molecule has 0 N–H and O–H groups in total. The van der Waals surface area contributed by atoms with E-state index in [1.54, 1.807) is 6.92 Å². The summed E-state index contributed by atoms with van der Waals surface area (Å²) in [6.07, 6.45) is 0.633. The lowest BCUT2D eigenvalue weighted by Crippen LogP contribution is -2.08. The summed E-state index contributed by atoms with van der Waals surface area (Å²) in [5, 5.41) is 0. The zero-order chi connectivity index (χ0) is 11.6. The standard InChI is InChI=1S/C11H16O3S/c1-8-5-6-9(2)11(7-8)10(3)14-15(4,12)13/h5-7,10H,1-4H3. The summed E-state index contributed by atoms with van der Waals surface area (Å²) in [7, 11) is -3.40. The van der Waals surface area contributed by atoms with Gasteiger partial charge in [0.05, 0.1) is 12.4 Å². The van der Waals surface area contributed by atoms with Crippen molar-refractivity contribution in [1.29, 1.82) is 0 Å². The van der Waals surface area contributed by atoms with Gasteiger partial charge >= 0.3 is 0 Å². The predicted molar refractivity (Wildman–Crippen MR) is 60.3 cm³/mol. The van der Waals surface area contributed by atoms with Crippen LogP contribution in [-0.2, 0) is 14.3 Å². The molecule has 1 aromatic rings. The van der Waals surface area contributed by atoms with Gasteiger partial charge in [-0.2, -0.15) is 8.42 Å². The normalized spacial score (nSPS) is 13.9. The highest BCUT2D eigenvalue weighted by Crippen LogP contribution is 2.23. The van der Waals surface area contributed by atoms with Crippen LogP contribution in [0.5, 0.6) is 0 Å². The zero-order valence-electron chi connectivity index (χ0n) is 9.44. The fourth-order valence-electron chi connectivity index (χ4n) is 1.51. The van der Waals surface area contributed by atoms with Gasteiger partial charge in [-0.15, -0.1) is 0 Å². The van der Waals surface area contributed by atoms with E-state index in [4.69, 9.17) is 4.18 Å². The molecule has 0 bridgehead atoms. The van der Waals surface area contributed by atoms with Crippen molar-refractivity contribution in [3.05, 3.63) is 34.9 Å². The van der Waals surface area contributed by atoms with Crippen LogP contribution in [0, 0.1) is 13.8 Å². The van der Waals surface area contributed by atoms with E-state index in [9.17, 15) is 8.42 Å². The first kappa shape index (κ1) is 12.2. The average Bonchev–Trinajstić information content (AvgIpc) is 2.06. The smallest absolute Gasteiger partial charge is 0.262 e. The Hall–Kier alpha value is -0.870. The minimum absolute atomic E-state index is 0.431. The van der Waals surface area contributed by atoms with E-state index in [0.717, 1.165) is 22.9 Å². The Morgan fingerprint density at radius 3 is 2.40 bits per heavy atom. The van der Waals surface area contributed by atoms with E-state index in [0.29, 0.717) is 0 Å². The summed E-state index contributed by atoms with van der Waals surface area (Å²) in [5.41, 5.74) is 3.05. The molecule has 0 amide bonds. The number of hydrogen-bond donors (Lipinski definition) is 0. The van der Waals surface area contributed by atoms with Crippen molar-refractivity contribution in [3.8, 4) is 0 Å². The zero-order valence-corrected chi connectivity index (χ0v) is 10.3. The van der Waals surface area contributed by atoms with Gasteiger partial charge < -0.3 is 0 Å². The summed E-state index contributed by atoms with van der Waals surface area (Å²) < 4.78 is 26.9. The van der Waals surface area contributed by atoms with Gasteiger partial charge in [-0.05, 0) is 31.9 Å². The number of hydrogen-bond acceptors (Lipinski definition) is 3. The molecule has 0 aliphatic heterocycles. The molecule has 84 valence electrons. The second-order valence-electron chi connectivity index (χ2n) is 3.80. The van der Waals surface area contributed by atoms with E-state index >= 15 is 0 Å². The van der Waals surface area contributed by atoms with Crippen molar-refractivity contribution in [2.24, 2.45) is 0 Å². The van der Waals surface area contributed by atoms with Crippen LogP contribution in [0.4, 0.5) is 0 Å². The minimum atomic E-state index is -3.40. The number of aryl methyl sites for hydroxylation is 2. The highest BCUT2D eigenvalue weighted by Gasteiger charge is 2.14. The molecule has 0 aliphatic rings. The van der Waals surface area contributed by atoms with E-state index in [1.165, 1.54) is 0 Å². The van der Waals surface area contributed by atoms with Gasteiger partial charge in [0.15, 0.2) is 0 Å². The second-order valence-corrected chi connectivity index (χ2v) is 5.40. The van der Waals surface area contributed by atoms with Crippen molar-refractivity contribution in [1.82, 2.24) is 0 Å². The van der Waals surface area contributed by atoms with Crippen LogP contribution in [0.3, 0.4) is 0 Å². The third-order valence-electron chi connectivity index (χ3n) is 2.19. The highest BCUT2D eigenvalue weighted by atomic mass is 32.2. The molecule has 0 aromatic heterocycles. The van der Waals surface area contributed by atoms with Crippen LogP contribution in [0.15, 0.2) is 18.2 Å². The van der Waals surface area contributed by atoms with Crippen LogP contribution in [0.2, 0.25) is 0 Å². The van der Waals surface area contributed by atoms with E-state index in [-0.39, 0.29) is 0 Å². The Kier molecular flexibility index (Phi) is 3.52. The van der Waals surface area contributed by atoms with Crippen LogP contribution >= 0.6 is 0 Å². The second kappa shape index (κ2) is 4.33. The summed E-state index contributed by atoms with van der Waals surface area (Å²) in [4.78, 5) is 0. The molecule has 0 saturated carbocycles. The van der Waals surface area contributed by atoms with Gasteiger partial charge in [0.2, 0.25) is 0 Å². The molecule has 4 heteroatoms. The third kappa shape index (κ3) is 3.64. The van der Waals surface area contributed by atoms with E-state index in [1.807, 2.05) is 32.0 Å². The lowest BCUT2D eigenvalue weighted by Gasteiger charge is -2.14. The Labute approximate surface area is 91.2 Å². The average molecular weight is 228 g/mol. The van der Waals surface area contributed by atoms with Crippen LogP contribution in [-0.4, -0.2) is 14.7 Å². The maximum atomic E-state index is 11.0. The number of benzene rings is 1. The lowest BCUT2D eigenvalue weighted by molar-refractivity contribution is 0.236. The number of rotatable bonds is 3. The molecule has 1 aromatic carbocycles. The van der Waals surface area contributed by atoms with Gasteiger partial charge in [-0.1, -0.05) is 23.8 Å². The maximum Gasteiger partial charge on any atom is 0.264 e. The molecule has 15 heavy (non-hydrogen) atoms. The molecule has 0 heterocycles. The van der Waals surface area contributed by atoms with E-state index < -0.39 is 16.2 Å². The van der Waals surface area contributed by atoms with E-state index in [2.05, 4.69) is 0 Å². The lowest BCUT2D eigenvalue weighted by atomic mass is 10.0. The SMILES string of the molecule is Cc1ccc(C)c(C(C)OS(C)(=O)=O)c1. The fourth-order valence-corrected chi connectivity index (χ4v) is 2.14. The first-order valence-electron chi connectivity index (χ1n) is 4.75. The Balaban J connectivity index is 3.00. The van der Waals surface area contributed by atoms with Crippen molar-refractivity contribution in [2.75, 3.05) is 6.26 Å². The van der Waals surface area contributed by atoms with Gasteiger partial charge in [0.1, 0.15) is 0 Å². The molecule has 1 rings (SSSR count). The van der Waals surface area contributed by atoms with Crippen molar-refractivity contribution >= 4 is 10.1 Å². The van der Waals surface area contributed by atoms with Gasteiger partial charge in [0.25, 0.3) is 10.1 Å². The largest absolute Gasteiger partial charge is 0.264 e. The van der Waals surface area contributed by atoms with Gasteiger partial charge in [-0.3, -0.25) is 4.18 Å². The molecule has 0 spiro atoms. The van der Waals surface area contributed by atoms with Gasteiger partial charge in [0, 0.05) is 0 Å². The minimum Gasteiger partial charge on any atom is -0.262 e. The molecule has 0 saturated heterocycles. The molecule has 1 atom stereocenters. The molecule has 3 nitrogen and oxygen atoms in total. The van der Waals surface area contributed by atoms with Gasteiger partial charge in [-0.25, -0.2) is 0 Å². The monoisotopic (exact) mass is 228 g/mol. The summed E-state index contributed by atoms with van der Waals surface area (Å²) in [6, 6.07) is 5.91.